The van der Waals surface area contributed by atoms with Gasteiger partial charge in [0.25, 0.3) is 5.89 Å². The van der Waals surface area contributed by atoms with Crippen molar-refractivity contribution in [3.8, 4) is 28.6 Å². The van der Waals surface area contributed by atoms with Crippen molar-refractivity contribution in [2.24, 2.45) is 7.05 Å². The third kappa shape index (κ3) is 3.74. The van der Waals surface area contributed by atoms with E-state index >= 15 is 0 Å². The zero-order valence-corrected chi connectivity index (χ0v) is 16.0. The molecular formula is C19H16FN5O2S. The van der Waals surface area contributed by atoms with Crippen LogP contribution >= 0.6 is 11.8 Å². The van der Waals surface area contributed by atoms with Crippen molar-refractivity contribution < 1.29 is 13.7 Å². The summed E-state index contributed by atoms with van der Waals surface area (Å²) in [4.78, 5) is 4.35. The summed E-state index contributed by atoms with van der Waals surface area (Å²) >= 11 is 1.45. The molecule has 2 aromatic heterocycles. The Bertz CT molecular complexity index is 1080. The highest BCUT2D eigenvalue weighted by Gasteiger charge is 2.14. The molecule has 0 saturated heterocycles. The molecule has 2 aromatic carbocycles. The SMILES string of the molecule is COc1ccc(-c2nnc(SCc3noc(-c4ccc(F)cc4)n3)n2C)cc1. The molecule has 9 heteroatoms. The van der Waals surface area contributed by atoms with Gasteiger partial charge in [-0.15, -0.1) is 10.2 Å². The second-order valence-electron chi connectivity index (χ2n) is 5.91. The fourth-order valence-corrected chi connectivity index (χ4v) is 3.34. The van der Waals surface area contributed by atoms with Crippen molar-refractivity contribution in [2.45, 2.75) is 10.9 Å². The van der Waals surface area contributed by atoms with Gasteiger partial charge in [-0.3, -0.25) is 0 Å². The molecule has 0 aliphatic carbocycles. The van der Waals surface area contributed by atoms with Crippen molar-refractivity contribution in [3.63, 3.8) is 0 Å². The first kappa shape index (κ1) is 18.2. The van der Waals surface area contributed by atoms with Gasteiger partial charge in [0.15, 0.2) is 16.8 Å². The lowest BCUT2D eigenvalue weighted by atomic mass is 10.2. The van der Waals surface area contributed by atoms with Crippen molar-refractivity contribution in [1.82, 2.24) is 24.9 Å². The predicted octanol–water partition coefficient (Wildman–Crippen LogP) is 3.97. The summed E-state index contributed by atoms with van der Waals surface area (Å²) in [6.07, 6.45) is 0. The second kappa shape index (κ2) is 7.81. The Balaban J connectivity index is 1.45. The molecule has 4 aromatic rings. The summed E-state index contributed by atoms with van der Waals surface area (Å²) in [6, 6.07) is 13.5. The fourth-order valence-electron chi connectivity index (χ4n) is 2.58. The molecule has 2 heterocycles. The maximum atomic E-state index is 13.0. The highest BCUT2D eigenvalue weighted by molar-refractivity contribution is 7.98. The summed E-state index contributed by atoms with van der Waals surface area (Å²) in [6.45, 7) is 0. The van der Waals surface area contributed by atoms with E-state index in [9.17, 15) is 4.39 Å². The molecule has 0 spiro atoms. The van der Waals surface area contributed by atoms with E-state index in [1.165, 1.54) is 23.9 Å². The predicted molar refractivity (Wildman–Crippen MR) is 102 cm³/mol. The van der Waals surface area contributed by atoms with Crippen LogP contribution < -0.4 is 4.74 Å². The van der Waals surface area contributed by atoms with Gasteiger partial charge in [0.1, 0.15) is 11.6 Å². The van der Waals surface area contributed by atoms with Crippen LogP contribution in [0.15, 0.2) is 58.2 Å². The van der Waals surface area contributed by atoms with Crippen molar-refractivity contribution in [1.29, 1.82) is 0 Å². The molecule has 0 unspecified atom stereocenters. The van der Waals surface area contributed by atoms with Gasteiger partial charge in [0, 0.05) is 18.2 Å². The summed E-state index contributed by atoms with van der Waals surface area (Å²) < 4.78 is 25.4. The van der Waals surface area contributed by atoms with Crippen LogP contribution in [0, 0.1) is 5.82 Å². The molecule has 0 amide bonds. The van der Waals surface area contributed by atoms with Crippen LogP contribution in [0.4, 0.5) is 4.39 Å². The quantitative estimate of drug-likeness (QED) is 0.456. The number of halogens is 1. The van der Waals surface area contributed by atoms with Crippen molar-refractivity contribution in [2.75, 3.05) is 7.11 Å². The number of hydrogen-bond acceptors (Lipinski definition) is 7. The summed E-state index contributed by atoms with van der Waals surface area (Å²) in [5, 5.41) is 13.2. The van der Waals surface area contributed by atoms with E-state index in [-0.39, 0.29) is 5.82 Å². The van der Waals surface area contributed by atoms with Gasteiger partial charge >= 0.3 is 0 Å². The first-order chi connectivity index (χ1) is 13.6. The molecular weight excluding hydrogens is 381 g/mol. The number of aromatic nitrogens is 5. The van der Waals surface area contributed by atoms with Gasteiger partial charge in [0.05, 0.1) is 12.9 Å². The second-order valence-corrected chi connectivity index (χ2v) is 6.85. The number of nitrogens with zero attached hydrogens (tertiary/aromatic N) is 5. The largest absolute Gasteiger partial charge is 0.497 e. The van der Waals surface area contributed by atoms with Crippen LogP contribution in [0.25, 0.3) is 22.8 Å². The molecule has 0 radical (unpaired) electrons. The lowest BCUT2D eigenvalue weighted by molar-refractivity contribution is 0.415. The molecule has 0 N–H and O–H groups in total. The van der Waals surface area contributed by atoms with Gasteiger partial charge in [0.2, 0.25) is 0 Å². The number of methoxy groups -OCH3 is 1. The van der Waals surface area contributed by atoms with Gasteiger partial charge in [-0.25, -0.2) is 4.39 Å². The van der Waals surface area contributed by atoms with Gasteiger partial charge < -0.3 is 13.8 Å². The minimum atomic E-state index is -0.311. The fraction of sp³-hybridized carbons (Fsp3) is 0.158. The Morgan fingerprint density at radius 1 is 1.04 bits per heavy atom. The number of ether oxygens (including phenoxy) is 1. The number of benzene rings is 2. The minimum Gasteiger partial charge on any atom is -0.497 e. The molecule has 28 heavy (non-hydrogen) atoms. The van der Waals surface area contributed by atoms with Gasteiger partial charge in [-0.05, 0) is 48.5 Å². The van der Waals surface area contributed by atoms with E-state index in [0.717, 1.165) is 22.3 Å². The first-order valence-corrected chi connectivity index (χ1v) is 9.38. The average molecular weight is 397 g/mol. The maximum Gasteiger partial charge on any atom is 0.257 e. The maximum absolute atomic E-state index is 13.0. The van der Waals surface area contributed by atoms with Crippen molar-refractivity contribution in [3.05, 3.63) is 60.2 Å². The summed E-state index contributed by atoms with van der Waals surface area (Å²) in [7, 11) is 3.54. The van der Waals surface area contributed by atoms with Crippen LogP contribution in [0.2, 0.25) is 0 Å². The minimum absolute atomic E-state index is 0.311. The average Bonchev–Trinajstić information content (AvgIpc) is 3.34. The third-order valence-corrected chi connectivity index (χ3v) is 5.09. The molecule has 0 atom stereocenters. The van der Waals surface area contributed by atoms with Gasteiger partial charge in [-0.2, -0.15) is 4.98 Å². The highest BCUT2D eigenvalue weighted by atomic mass is 32.2. The van der Waals surface area contributed by atoms with Crippen LogP contribution in [-0.2, 0) is 12.8 Å². The Kier molecular flexibility index (Phi) is 5.07. The lowest BCUT2D eigenvalue weighted by Crippen LogP contribution is -1.95. The van der Waals surface area contributed by atoms with E-state index < -0.39 is 0 Å². The van der Waals surface area contributed by atoms with E-state index in [1.807, 2.05) is 35.9 Å². The van der Waals surface area contributed by atoms with Crippen LogP contribution in [0.5, 0.6) is 5.75 Å². The molecule has 7 nitrogen and oxygen atoms in total. The Morgan fingerprint density at radius 3 is 2.46 bits per heavy atom. The van der Waals surface area contributed by atoms with E-state index in [2.05, 4.69) is 20.3 Å². The molecule has 0 saturated carbocycles. The Labute approximate surface area is 164 Å². The highest BCUT2D eigenvalue weighted by Crippen LogP contribution is 2.26. The number of thioether (sulfide) groups is 1. The summed E-state index contributed by atoms with van der Waals surface area (Å²) in [5.74, 6) is 2.58. The monoisotopic (exact) mass is 397 g/mol. The van der Waals surface area contributed by atoms with Gasteiger partial charge in [-0.1, -0.05) is 16.9 Å². The third-order valence-electron chi connectivity index (χ3n) is 4.07. The Morgan fingerprint density at radius 2 is 1.75 bits per heavy atom. The zero-order valence-electron chi connectivity index (χ0n) is 15.2. The molecule has 0 bridgehead atoms. The number of rotatable bonds is 6. The molecule has 142 valence electrons. The molecule has 4 rings (SSSR count). The van der Waals surface area contributed by atoms with E-state index in [0.29, 0.717) is 23.0 Å². The molecule has 0 fully saturated rings. The normalized spacial score (nSPS) is 11.0. The van der Waals surface area contributed by atoms with Crippen LogP contribution in [0.3, 0.4) is 0 Å². The Hall–Kier alpha value is -3.20. The standard InChI is InChI=1S/C19H16FN5O2S/c1-25-17(12-5-9-15(26-2)10-6-12)22-23-19(25)28-11-16-21-18(27-24-16)13-3-7-14(20)8-4-13/h3-10H,11H2,1-2H3. The molecule has 0 aliphatic heterocycles. The van der Waals surface area contributed by atoms with Crippen LogP contribution in [0.1, 0.15) is 5.82 Å². The number of hydrogen-bond donors (Lipinski definition) is 0. The zero-order chi connectivity index (χ0) is 19.5. The summed E-state index contributed by atoms with van der Waals surface area (Å²) in [5.41, 5.74) is 1.62. The topological polar surface area (TPSA) is 78.9 Å². The van der Waals surface area contributed by atoms with Crippen molar-refractivity contribution >= 4 is 11.8 Å². The lowest BCUT2D eigenvalue weighted by Gasteiger charge is -2.04. The van der Waals surface area contributed by atoms with Crippen LogP contribution in [-0.4, -0.2) is 32.0 Å². The van der Waals surface area contributed by atoms with E-state index in [1.54, 1.807) is 19.2 Å². The van der Waals surface area contributed by atoms with E-state index in [4.69, 9.17) is 9.26 Å². The smallest absolute Gasteiger partial charge is 0.257 e. The molecule has 0 aliphatic rings. The first-order valence-electron chi connectivity index (χ1n) is 8.39.